The normalized spacial score (nSPS) is 12.6. The van der Waals surface area contributed by atoms with E-state index in [9.17, 15) is 4.53 Å². The van der Waals surface area contributed by atoms with Gasteiger partial charge in [0.1, 0.15) is 5.75 Å². The molecule has 0 heterocycles. The maximum absolute atomic E-state index is 11.4. The first-order valence-electron chi connectivity index (χ1n) is 3.66. The van der Waals surface area contributed by atoms with E-state index >= 15 is 0 Å². The molecular weight excluding hydrogens is 194 g/mol. The minimum atomic E-state index is -2.45. The highest BCUT2D eigenvalue weighted by molar-refractivity contribution is 7.40. The molecule has 1 aromatic rings. The lowest BCUT2D eigenvalue weighted by Gasteiger charge is -2.09. The van der Waals surface area contributed by atoms with Gasteiger partial charge in [0.25, 0.3) is 0 Å². The van der Waals surface area contributed by atoms with Gasteiger partial charge in [0.05, 0.1) is 0 Å². The molecule has 0 fully saturated rings. The molecule has 0 aliphatic heterocycles. The molecule has 3 nitrogen and oxygen atoms in total. The molecule has 1 rings (SSSR count). The van der Waals surface area contributed by atoms with Crippen molar-refractivity contribution in [1.82, 2.24) is 0 Å². The summed E-state index contributed by atoms with van der Waals surface area (Å²) in [6, 6.07) is 5.34. The Balaban J connectivity index is 2.77. The maximum atomic E-state index is 11.4. The van der Waals surface area contributed by atoms with Crippen molar-refractivity contribution in [3.63, 3.8) is 0 Å². The Morgan fingerprint density at radius 2 is 2.08 bits per heavy atom. The van der Waals surface area contributed by atoms with Crippen LogP contribution in [0.1, 0.15) is 11.1 Å². The summed E-state index contributed by atoms with van der Waals surface area (Å²) in [4.78, 5) is 8.75. The Bertz CT molecular complexity index is 293. The second-order valence-corrected chi connectivity index (χ2v) is 3.46. The van der Waals surface area contributed by atoms with Gasteiger partial charge in [0.15, 0.2) is 0 Å². The van der Waals surface area contributed by atoms with Crippen molar-refractivity contribution < 1.29 is 18.7 Å². The summed E-state index contributed by atoms with van der Waals surface area (Å²) < 4.78 is 19.3. The van der Waals surface area contributed by atoms with Crippen LogP contribution >= 0.6 is 8.60 Å². The number of benzene rings is 1. The Labute approximate surface area is 77.0 Å². The van der Waals surface area contributed by atoms with Crippen LogP contribution in [0.5, 0.6) is 5.75 Å². The highest BCUT2D eigenvalue weighted by Gasteiger charge is 2.10. The van der Waals surface area contributed by atoms with E-state index in [-0.39, 0.29) is 0 Å². The predicted molar refractivity (Wildman–Crippen MR) is 47.9 cm³/mol. The zero-order valence-electron chi connectivity index (χ0n) is 7.32. The molecule has 1 aromatic carbocycles. The van der Waals surface area contributed by atoms with E-state index in [1.807, 2.05) is 26.0 Å². The average Bonchev–Trinajstić information content (AvgIpc) is 2.09. The third kappa shape index (κ3) is 2.92. The highest BCUT2D eigenvalue weighted by atomic mass is 31.2. The number of hydrogen-bond donors (Lipinski definition) is 1. The first-order chi connectivity index (χ1) is 6.13. The molecule has 0 amide bonds. The van der Waals surface area contributed by atoms with Crippen LogP contribution in [0, 0.1) is 13.8 Å². The Morgan fingerprint density at radius 1 is 1.38 bits per heavy atom. The van der Waals surface area contributed by atoms with Crippen LogP contribution in [0.25, 0.3) is 0 Å². The average molecular weight is 204 g/mol. The van der Waals surface area contributed by atoms with Crippen LogP contribution < -0.4 is 4.52 Å². The standard InChI is InChI=1S/C8H10FO3P/c1-6-3-4-8(7(2)5-6)11-13(10)12-9/h3-5,10H,1-2H3. The van der Waals surface area contributed by atoms with Crippen molar-refractivity contribution in [2.45, 2.75) is 13.8 Å². The number of rotatable bonds is 3. The SMILES string of the molecule is Cc1ccc(OP(O)OF)c(C)c1. The van der Waals surface area contributed by atoms with Crippen LogP contribution in [0.3, 0.4) is 0 Å². The lowest BCUT2D eigenvalue weighted by Crippen LogP contribution is -1.89. The maximum Gasteiger partial charge on any atom is 0.428 e. The summed E-state index contributed by atoms with van der Waals surface area (Å²) in [6.07, 6.45) is 0. The van der Waals surface area contributed by atoms with E-state index in [4.69, 9.17) is 9.42 Å². The molecule has 5 heteroatoms. The first kappa shape index (κ1) is 10.4. The molecule has 72 valence electrons. The van der Waals surface area contributed by atoms with Gasteiger partial charge in [-0.3, -0.25) is 0 Å². The van der Waals surface area contributed by atoms with Crippen LogP contribution in [0.15, 0.2) is 18.2 Å². The van der Waals surface area contributed by atoms with Crippen molar-refractivity contribution in [3.8, 4) is 5.75 Å². The molecule has 0 aliphatic carbocycles. The molecule has 0 spiro atoms. The third-order valence-electron chi connectivity index (χ3n) is 1.57. The van der Waals surface area contributed by atoms with Crippen molar-refractivity contribution in [2.24, 2.45) is 0 Å². The van der Waals surface area contributed by atoms with E-state index in [0.717, 1.165) is 11.1 Å². The molecule has 0 aliphatic rings. The third-order valence-corrected chi connectivity index (χ3v) is 2.04. The van der Waals surface area contributed by atoms with Gasteiger partial charge in [-0.1, -0.05) is 22.4 Å². The molecule has 1 unspecified atom stereocenters. The van der Waals surface area contributed by atoms with Crippen molar-refractivity contribution in [3.05, 3.63) is 29.3 Å². The van der Waals surface area contributed by atoms with E-state index in [2.05, 4.69) is 4.73 Å². The van der Waals surface area contributed by atoms with E-state index in [1.165, 1.54) is 0 Å². The van der Waals surface area contributed by atoms with Crippen molar-refractivity contribution in [2.75, 3.05) is 0 Å². The van der Waals surface area contributed by atoms with Crippen molar-refractivity contribution >= 4 is 8.60 Å². The Kier molecular flexibility index (Phi) is 3.60. The fourth-order valence-corrected chi connectivity index (χ4v) is 1.40. The molecule has 0 radical (unpaired) electrons. The van der Waals surface area contributed by atoms with Gasteiger partial charge in [-0.25, -0.2) is 0 Å². The molecule has 0 bridgehead atoms. The predicted octanol–water partition coefficient (Wildman–Crippen LogP) is 2.80. The zero-order valence-corrected chi connectivity index (χ0v) is 8.22. The molecular formula is C8H10FO3P. The van der Waals surface area contributed by atoms with Crippen LogP contribution in [0.2, 0.25) is 0 Å². The second kappa shape index (κ2) is 4.51. The summed E-state index contributed by atoms with van der Waals surface area (Å²) in [5.74, 6) is 0.428. The minimum absolute atomic E-state index is 0.428. The fourth-order valence-electron chi connectivity index (χ4n) is 1.000. The second-order valence-electron chi connectivity index (χ2n) is 2.67. The summed E-state index contributed by atoms with van der Waals surface area (Å²) in [6.45, 7) is 3.74. The summed E-state index contributed by atoms with van der Waals surface area (Å²) in [5, 5.41) is 0. The number of hydrogen-bond acceptors (Lipinski definition) is 3. The van der Waals surface area contributed by atoms with Gasteiger partial charge in [0.2, 0.25) is 0 Å². The summed E-state index contributed by atoms with van der Waals surface area (Å²) in [7, 11) is -2.45. The van der Waals surface area contributed by atoms with Gasteiger partial charge >= 0.3 is 8.60 Å². The van der Waals surface area contributed by atoms with E-state index in [1.54, 1.807) is 6.07 Å². The van der Waals surface area contributed by atoms with E-state index in [0.29, 0.717) is 5.75 Å². The molecule has 1 atom stereocenters. The van der Waals surface area contributed by atoms with Crippen molar-refractivity contribution in [1.29, 1.82) is 0 Å². The van der Waals surface area contributed by atoms with Gasteiger partial charge in [0, 0.05) is 0 Å². The van der Waals surface area contributed by atoms with Crippen LogP contribution in [-0.2, 0) is 4.73 Å². The molecule has 0 saturated carbocycles. The quantitative estimate of drug-likeness (QED) is 0.769. The van der Waals surface area contributed by atoms with Gasteiger partial charge in [-0.15, -0.1) is 0 Å². The Hall–Kier alpha value is -0.700. The monoisotopic (exact) mass is 204 g/mol. The first-order valence-corrected chi connectivity index (χ1v) is 4.79. The molecule has 1 N–H and O–H groups in total. The highest BCUT2D eigenvalue weighted by Crippen LogP contribution is 2.36. The van der Waals surface area contributed by atoms with Gasteiger partial charge in [-0.05, 0) is 30.0 Å². The van der Waals surface area contributed by atoms with Crippen LogP contribution in [0.4, 0.5) is 4.53 Å². The fraction of sp³-hybridized carbons (Fsp3) is 0.250. The zero-order chi connectivity index (χ0) is 9.84. The number of halogens is 1. The summed E-state index contributed by atoms with van der Waals surface area (Å²) in [5.41, 5.74) is 1.91. The lowest BCUT2D eigenvalue weighted by molar-refractivity contribution is -0.0178. The largest absolute Gasteiger partial charge is 0.428 e. The van der Waals surface area contributed by atoms with E-state index < -0.39 is 8.60 Å². The Morgan fingerprint density at radius 3 is 2.62 bits per heavy atom. The molecule has 0 aromatic heterocycles. The van der Waals surface area contributed by atoms with Gasteiger partial charge < -0.3 is 9.42 Å². The van der Waals surface area contributed by atoms with Crippen LogP contribution in [-0.4, -0.2) is 4.89 Å². The summed E-state index contributed by atoms with van der Waals surface area (Å²) >= 11 is 0. The number of aryl methyl sites for hydroxylation is 2. The topological polar surface area (TPSA) is 38.7 Å². The molecule has 13 heavy (non-hydrogen) atoms. The molecule has 0 saturated heterocycles. The van der Waals surface area contributed by atoms with Gasteiger partial charge in [-0.2, -0.15) is 0 Å². The lowest BCUT2D eigenvalue weighted by atomic mass is 10.1. The smallest absolute Gasteiger partial charge is 0.425 e. The minimum Gasteiger partial charge on any atom is -0.425 e.